The van der Waals surface area contributed by atoms with E-state index in [4.69, 9.17) is 33.2 Å². The number of hydrogen-bond donors (Lipinski definition) is 0. The summed E-state index contributed by atoms with van der Waals surface area (Å²) in [5.74, 6) is 2.04. The van der Waals surface area contributed by atoms with Crippen molar-refractivity contribution < 1.29 is 38.0 Å². The second kappa shape index (κ2) is 10.3. The van der Waals surface area contributed by atoms with Gasteiger partial charge in [-0.15, -0.1) is 0 Å². The van der Waals surface area contributed by atoms with E-state index in [0.717, 1.165) is 24.0 Å². The predicted octanol–water partition coefficient (Wildman–Crippen LogP) is 4.58. The summed E-state index contributed by atoms with van der Waals surface area (Å²) in [5, 5.41) is 0. The number of rotatable bonds is 10. The molecule has 5 rings (SSSR count). The van der Waals surface area contributed by atoms with Crippen LogP contribution in [0.5, 0.6) is 28.7 Å². The van der Waals surface area contributed by atoms with Crippen molar-refractivity contribution in [2.75, 3.05) is 47.8 Å². The first-order chi connectivity index (χ1) is 18.8. The Morgan fingerprint density at radius 3 is 2.56 bits per heavy atom. The molecule has 0 N–H and O–H groups in total. The molecule has 9 heteroatoms. The number of benzene rings is 2. The maximum atomic E-state index is 13.6. The summed E-state index contributed by atoms with van der Waals surface area (Å²) in [6.45, 7) is 12.5. The van der Waals surface area contributed by atoms with Gasteiger partial charge in [-0.05, 0) is 63.5 Å². The molecule has 0 aromatic heterocycles. The normalized spacial score (nSPS) is 23.3. The lowest BCUT2D eigenvalue weighted by molar-refractivity contribution is -0.0955. The largest absolute Gasteiger partial charge is 0.493 e. The molecule has 9 nitrogen and oxygen atoms in total. The maximum absolute atomic E-state index is 13.6. The van der Waals surface area contributed by atoms with Gasteiger partial charge in [0, 0.05) is 30.8 Å². The van der Waals surface area contributed by atoms with Crippen molar-refractivity contribution in [2.24, 2.45) is 0 Å². The van der Waals surface area contributed by atoms with Crippen molar-refractivity contribution in [3.8, 4) is 28.7 Å². The van der Waals surface area contributed by atoms with Crippen LogP contribution in [-0.4, -0.2) is 64.8 Å². The Balaban J connectivity index is 1.75. The van der Waals surface area contributed by atoms with Crippen LogP contribution in [0.4, 0.5) is 0 Å². The monoisotopic (exact) mass is 539 g/mol. The van der Waals surface area contributed by atoms with E-state index in [9.17, 15) is 4.79 Å². The van der Waals surface area contributed by atoms with Crippen LogP contribution in [0.25, 0.3) is 0 Å². The van der Waals surface area contributed by atoms with Gasteiger partial charge in [0.2, 0.25) is 12.5 Å². The summed E-state index contributed by atoms with van der Waals surface area (Å²) in [5.41, 5.74) is 0.674. The molecule has 0 fully saturated rings. The zero-order valence-electron chi connectivity index (χ0n) is 23.5. The third-order valence-corrected chi connectivity index (χ3v) is 8.11. The zero-order valence-corrected chi connectivity index (χ0v) is 23.5. The minimum atomic E-state index is -1.28. The number of carbonyl (C=O) groups excluding carboxylic acids is 1. The van der Waals surface area contributed by atoms with E-state index in [1.807, 2.05) is 26.0 Å². The van der Waals surface area contributed by atoms with Gasteiger partial charge in [0.15, 0.2) is 28.6 Å². The highest BCUT2D eigenvalue weighted by atomic mass is 16.7. The molecule has 0 radical (unpaired) electrons. The first-order valence-electron chi connectivity index (χ1n) is 13.3. The van der Waals surface area contributed by atoms with Crippen LogP contribution in [0, 0.1) is 0 Å². The molecule has 2 atom stereocenters. The van der Waals surface area contributed by atoms with E-state index in [1.54, 1.807) is 26.4 Å². The lowest BCUT2D eigenvalue weighted by Crippen LogP contribution is -2.60. The van der Waals surface area contributed by atoms with Gasteiger partial charge in [0.1, 0.15) is 5.56 Å². The van der Waals surface area contributed by atoms with Crippen molar-refractivity contribution in [1.29, 1.82) is 0 Å². The Kier molecular flexibility index (Phi) is 7.15. The number of carbonyl (C=O) groups is 1. The maximum Gasteiger partial charge on any atom is 0.343 e. The minimum absolute atomic E-state index is 0.114. The number of fused-ring (bicyclic) bond motifs is 3. The Bertz CT molecular complexity index is 1290. The quantitative estimate of drug-likeness (QED) is 0.245. The molecule has 2 aromatic carbocycles. The van der Waals surface area contributed by atoms with Crippen LogP contribution in [0.3, 0.4) is 0 Å². The molecular weight excluding hydrogens is 502 g/mol. The lowest BCUT2D eigenvalue weighted by atomic mass is 9.66. The smallest absolute Gasteiger partial charge is 0.343 e. The third-order valence-electron chi connectivity index (χ3n) is 8.11. The fourth-order valence-electron chi connectivity index (χ4n) is 6.36. The molecule has 0 unspecified atom stereocenters. The highest BCUT2D eigenvalue weighted by Gasteiger charge is 2.63. The fourth-order valence-corrected chi connectivity index (χ4v) is 6.36. The van der Waals surface area contributed by atoms with Crippen LogP contribution in [0.15, 0.2) is 30.9 Å². The molecule has 2 aromatic rings. The van der Waals surface area contributed by atoms with E-state index in [-0.39, 0.29) is 12.9 Å². The molecule has 3 aliphatic heterocycles. The molecule has 0 spiro atoms. The molecule has 0 saturated heterocycles. The summed E-state index contributed by atoms with van der Waals surface area (Å²) < 4.78 is 41.1. The second-order valence-corrected chi connectivity index (χ2v) is 10.3. The van der Waals surface area contributed by atoms with Crippen LogP contribution < -0.4 is 23.7 Å². The molecule has 0 bridgehead atoms. The average molecular weight is 540 g/mol. The number of methoxy groups -OCH3 is 3. The Morgan fingerprint density at radius 1 is 1.13 bits per heavy atom. The summed E-state index contributed by atoms with van der Waals surface area (Å²) in [6, 6.07) is 5.67. The number of esters is 1. The zero-order chi connectivity index (χ0) is 27.9. The Morgan fingerprint density at radius 2 is 1.90 bits per heavy atom. The highest BCUT2D eigenvalue weighted by Crippen LogP contribution is 2.61. The fraction of sp³-hybridized carbons (Fsp3) is 0.500. The number of nitrogens with zero attached hydrogens (tertiary/aromatic N) is 1. The summed E-state index contributed by atoms with van der Waals surface area (Å²) >= 11 is 0. The van der Waals surface area contributed by atoms with Gasteiger partial charge in [-0.1, -0.05) is 6.58 Å². The molecule has 3 aliphatic rings. The highest BCUT2D eigenvalue weighted by molar-refractivity contribution is 5.99. The second-order valence-electron chi connectivity index (χ2n) is 10.3. The van der Waals surface area contributed by atoms with Gasteiger partial charge >= 0.3 is 5.97 Å². The van der Waals surface area contributed by atoms with E-state index < -0.39 is 17.1 Å². The molecule has 0 amide bonds. The van der Waals surface area contributed by atoms with E-state index >= 15 is 0 Å². The first kappa shape index (κ1) is 27.1. The van der Waals surface area contributed by atoms with Crippen LogP contribution in [0.1, 0.15) is 54.2 Å². The van der Waals surface area contributed by atoms with Crippen molar-refractivity contribution in [3.05, 3.63) is 53.1 Å². The number of hydrogen-bond acceptors (Lipinski definition) is 9. The van der Waals surface area contributed by atoms with Gasteiger partial charge in [-0.25, -0.2) is 4.79 Å². The van der Waals surface area contributed by atoms with Crippen molar-refractivity contribution >= 4 is 5.97 Å². The van der Waals surface area contributed by atoms with Crippen molar-refractivity contribution in [3.63, 3.8) is 0 Å². The van der Waals surface area contributed by atoms with Gasteiger partial charge in [0.05, 0.1) is 33.0 Å². The average Bonchev–Trinajstić information content (AvgIpc) is 3.52. The van der Waals surface area contributed by atoms with Crippen LogP contribution in [-0.2, 0) is 27.0 Å². The van der Waals surface area contributed by atoms with Gasteiger partial charge in [-0.2, -0.15) is 0 Å². The minimum Gasteiger partial charge on any atom is -0.493 e. The summed E-state index contributed by atoms with van der Waals surface area (Å²) in [7, 11) is 4.68. The van der Waals surface area contributed by atoms with Crippen molar-refractivity contribution in [2.45, 2.75) is 50.9 Å². The first-order valence-corrected chi connectivity index (χ1v) is 13.3. The predicted molar refractivity (Wildman–Crippen MR) is 144 cm³/mol. The van der Waals surface area contributed by atoms with Crippen molar-refractivity contribution in [1.82, 2.24) is 4.90 Å². The van der Waals surface area contributed by atoms with Gasteiger partial charge in [0.25, 0.3) is 0 Å². The molecule has 0 aliphatic carbocycles. The Labute approximate surface area is 229 Å². The van der Waals surface area contributed by atoms with E-state index in [2.05, 4.69) is 18.4 Å². The van der Waals surface area contributed by atoms with Crippen LogP contribution >= 0.6 is 0 Å². The number of cyclic esters (lactones) is 1. The number of ether oxygens (including phenoxy) is 7. The molecule has 3 heterocycles. The van der Waals surface area contributed by atoms with E-state index in [0.29, 0.717) is 59.6 Å². The Hall–Kier alpha value is -3.43. The third kappa shape index (κ3) is 3.93. The summed E-state index contributed by atoms with van der Waals surface area (Å²) in [6.07, 6.45) is 3.40. The molecule has 210 valence electrons. The molecule has 39 heavy (non-hydrogen) atoms. The SMILES string of the molecule is C=C[C@]1([C@@]2(C)c3c(cc4c(c3OC)OCO4)CCN2CCCOC(C)C)OC(=O)c2c1ccc(OC)c2OC. The standard InChI is InChI=1S/C30H37NO8/c1-8-30(20-10-11-21(33-5)25(34-6)23(20)28(32)39-30)29(4)24-19(12-14-31(29)13-9-15-36-18(2)3)16-22-26(27(24)35-7)38-17-37-22/h8,10-11,16,18H,1,9,12-15,17H2,2-7H3/t29-,30+/m1/s1. The van der Waals surface area contributed by atoms with Gasteiger partial charge in [-0.3, -0.25) is 4.90 Å². The topological polar surface area (TPSA) is 84.9 Å². The molecule has 0 saturated carbocycles. The molecular formula is C30H37NO8. The van der Waals surface area contributed by atoms with E-state index in [1.165, 1.54) is 7.11 Å². The van der Waals surface area contributed by atoms with Crippen LogP contribution in [0.2, 0.25) is 0 Å². The summed E-state index contributed by atoms with van der Waals surface area (Å²) in [4.78, 5) is 16.0. The lowest BCUT2D eigenvalue weighted by Gasteiger charge is -2.54. The van der Waals surface area contributed by atoms with Gasteiger partial charge < -0.3 is 33.2 Å².